The van der Waals surface area contributed by atoms with Gasteiger partial charge in [-0.3, -0.25) is 9.59 Å². The van der Waals surface area contributed by atoms with Crippen LogP contribution in [-0.2, 0) is 4.79 Å². The molecule has 0 spiro atoms. The molecule has 2 amide bonds. The second-order valence-corrected chi connectivity index (χ2v) is 8.71. The van der Waals surface area contributed by atoms with Gasteiger partial charge in [-0.15, -0.1) is 0 Å². The number of hydrogen-bond acceptors (Lipinski definition) is 4. The molecule has 0 radical (unpaired) electrons. The predicted molar refractivity (Wildman–Crippen MR) is 123 cm³/mol. The number of carbonyl (C=O) groups is 2. The molecule has 1 aliphatic rings. The van der Waals surface area contributed by atoms with Gasteiger partial charge in [-0.2, -0.15) is 0 Å². The molecular formula is C25H34FN3O3. The molecule has 174 valence electrons. The van der Waals surface area contributed by atoms with Crippen LogP contribution >= 0.6 is 0 Å². The van der Waals surface area contributed by atoms with Crippen molar-refractivity contribution in [1.29, 1.82) is 0 Å². The van der Waals surface area contributed by atoms with Crippen LogP contribution in [-0.4, -0.2) is 40.8 Å². The lowest BCUT2D eigenvalue weighted by Crippen LogP contribution is -2.49. The van der Waals surface area contributed by atoms with Crippen LogP contribution in [0.5, 0.6) is 11.6 Å². The maximum Gasteiger partial charge on any atom is 0.257 e. The molecule has 3 rings (SSSR count). The number of benzene rings is 1. The van der Waals surface area contributed by atoms with Gasteiger partial charge in [0.2, 0.25) is 11.8 Å². The Bertz CT molecular complexity index is 932. The quantitative estimate of drug-likeness (QED) is 0.712. The van der Waals surface area contributed by atoms with Gasteiger partial charge in [0.1, 0.15) is 17.1 Å². The van der Waals surface area contributed by atoms with Crippen LogP contribution in [0.25, 0.3) is 0 Å². The Morgan fingerprint density at radius 2 is 1.81 bits per heavy atom. The van der Waals surface area contributed by atoms with Gasteiger partial charge >= 0.3 is 0 Å². The first-order valence-corrected chi connectivity index (χ1v) is 11.1. The first kappa shape index (κ1) is 25.3. The molecule has 7 heteroatoms. The van der Waals surface area contributed by atoms with E-state index in [1.807, 2.05) is 64.6 Å². The molecule has 1 aromatic carbocycles. The lowest BCUT2D eigenvalue weighted by Gasteiger charge is -2.36. The highest BCUT2D eigenvalue weighted by Gasteiger charge is 2.31. The van der Waals surface area contributed by atoms with Gasteiger partial charge in [-0.05, 0) is 43.5 Å². The Balaban J connectivity index is 0.00000176. The van der Waals surface area contributed by atoms with Gasteiger partial charge in [-0.25, -0.2) is 9.37 Å². The van der Waals surface area contributed by atoms with Crippen molar-refractivity contribution in [3.05, 3.63) is 53.5 Å². The molecule has 0 bridgehead atoms. The van der Waals surface area contributed by atoms with Crippen LogP contribution in [0.1, 0.15) is 63.4 Å². The molecule has 2 heterocycles. The summed E-state index contributed by atoms with van der Waals surface area (Å²) in [6, 6.07) is 8.36. The summed E-state index contributed by atoms with van der Waals surface area (Å²) < 4.78 is 19.5. The van der Waals surface area contributed by atoms with E-state index in [9.17, 15) is 14.0 Å². The predicted octanol–water partition coefficient (Wildman–Crippen LogP) is 5.11. The summed E-state index contributed by atoms with van der Waals surface area (Å²) in [5.41, 5.74) is 0.618. The number of likely N-dealkylation sites (tertiary alicyclic amines) is 1. The highest BCUT2D eigenvalue weighted by atomic mass is 19.1. The highest BCUT2D eigenvalue weighted by Crippen LogP contribution is 2.25. The number of carbonyl (C=O) groups excluding carboxylic acids is 2. The third-order valence-electron chi connectivity index (χ3n) is 5.03. The number of halogens is 1. The number of rotatable bonds is 4. The average Bonchev–Trinajstić information content (AvgIpc) is 2.76. The molecule has 2 aromatic rings. The zero-order valence-corrected chi connectivity index (χ0v) is 19.9. The van der Waals surface area contributed by atoms with Crippen molar-refractivity contribution in [2.24, 2.45) is 5.41 Å². The summed E-state index contributed by atoms with van der Waals surface area (Å²) in [5.74, 6) is -0.361. The largest absolute Gasteiger partial charge is 0.438 e. The maximum atomic E-state index is 13.8. The monoisotopic (exact) mass is 443 g/mol. The summed E-state index contributed by atoms with van der Waals surface area (Å²) in [5, 5.41) is 2.93. The molecule has 1 aromatic heterocycles. The number of hydrogen-bond donors (Lipinski definition) is 1. The number of aromatic nitrogens is 1. The Morgan fingerprint density at radius 3 is 2.41 bits per heavy atom. The van der Waals surface area contributed by atoms with E-state index in [1.54, 1.807) is 6.07 Å². The van der Waals surface area contributed by atoms with Crippen molar-refractivity contribution < 1.29 is 18.7 Å². The molecule has 1 aliphatic heterocycles. The molecule has 0 unspecified atom stereocenters. The minimum Gasteiger partial charge on any atom is -0.438 e. The van der Waals surface area contributed by atoms with E-state index in [0.29, 0.717) is 31.7 Å². The van der Waals surface area contributed by atoms with Gasteiger partial charge in [0.25, 0.3) is 5.91 Å². The number of aryl methyl sites for hydroxylation is 1. The summed E-state index contributed by atoms with van der Waals surface area (Å²) in [6.45, 7) is 12.8. The molecule has 0 atom stereocenters. The standard InChI is InChI=1S/C23H28FN3O3.C2H6/c1-15-6-5-7-18(12-15)30-21-19(13-16(24)14-25-21)20(28)26-17-8-10-27(11-9-17)22(29)23(2,3)4;1-2/h5-7,12-14,17H,8-11H2,1-4H3,(H,26,28);1-2H3. The highest BCUT2D eigenvalue weighted by molar-refractivity contribution is 5.96. The second kappa shape index (κ2) is 11.1. The van der Waals surface area contributed by atoms with E-state index in [-0.39, 0.29) is 23.4 Å². The molecule has 1 fully saturated rings. The number of nitrogens with zero attached hydrogens (tertiary/aromatic N) is 2. The van der Waals surface area contributed by atoms with E-state index in [4.69, 9.17) is 4.74 Å². The summed E-state index contributed by atoms with van der Waals surface area (Å²) in [4.78, 5) is 31.1. The molecule has 6 nitrogen and oxygen atoms in total. The van der Waals surface area contributed by atoms with E-state index in [1.165, 1.54) is 0 Å². The summed E-state index contributed by atoms with van der Waals surface area (Å²) >= 11 is 0. The fraction of sp³-hybridized carbons (Fsp3) is 0.480. The third-order valence-corrected chi connectivity index (χ3v) is 5.03. The van der Waals surface area contributed by atoms with Crippen molar-refractivity contribution in [2.75, 3.05) is 13.1 Å². The van der Waals surface area contributed by atoms with Crippen molar-refractivity contribution in [1.82, 2.24) is 15.2 Å². The van der Waals surface area contributed by atoms with E-state index < -0.39 is 17.1 Å². The van der Waals surface area contributed by atoms with Gasteiger partial charge in [-0.1, -0.05) is 46.8 Å². The van der Waals surface area contributed by atoms with Gasteiger partial charge in [0, 0.05) is 24.5 Å². The SMILES string of the molecule is CC.Cc1cccc(Oc2ncc(F)cc2C(=O)NC2CCN(C(=O)C(C)(C)C)CC2)c1. The fourth-order valence-corrected chi connectivity index (χ4v) is 3.43. The number of amides is 2. The molecule has 1 saturated heterocycles. The van der Waals surface area contributed by atoms with Gasteiger partial charge < -0.3 is 15.0 Å². The third kappa shape index (κ3) is 6.77. The zero-order chi connectivity index (χ0) is 23.9. The molecular weight excluding hydrogens is 409 g/mol. The van der Waals surface area contributed by atoms with Crippen LogP contribution < -0.4 is 10.1 Å². The fourth-order valence-electron chi connectivity index (χ4n) is 3.43. The van der Waals surface area contributed by atoms with Crippen molar-refractivity contribution in [2.45, 2.75) is 60.4 Å². The van der Waals surface area contributed by atoms with Crippen LogP contribution in [0.15, 0.2) is 36.5 Å². The first-order valence-electron chi connectivity index (χ1n) is 11.1. The van der Waals surface area contributed by atoms with E-state index in [2.05, 4.69) is 10.3 Å². The Morgan fingerprint density at radius 1 is 1.16 bits per heavy atom. The Hall–Kier alpha value is -2.96. The van der Waals surface area contributed by atoms with Gasteiger partial charge in [0.05, 0.1) is 6.20 Å². The molecule has 32 heavy (non-hydrogen) atoms. The smallest absolute Gasteiger partial charge is 0.257 e. The second-order valence-electron chi connectivity index (χ2n) is 8.71. The topological polar surface area (TPSA) is 71.5 Å². The minimum atomic E-state index is -0.609. The number of nitrogens with one attached hydrogen (secondary N) is 1. The molecule has 1 N–H and O–H groups in total. The van der Waals surface area contributed by atoms with Crippen molar-refractivity contribution >= 4 is 11.8 Å². The Kier molecular flexibility index (Phi) is 8.75. The van der Waals surface area contributed by atoms with Crippen LogP contribution in [0.2, 0.25) is 0 Å². The maximum absolute atomic E-state index is 13.8. The van der Waals surface area contributed by atoms with Crippen molar-refractivity contribution in [3.63, 3.8) is 0 Å². The van der Waals surface area contributed by atoms with Crippen molar-refractivity contribution in [3.8, 4) is 11.6 Å². The number of piperidine rings is 1. The van der Waals surface area contributed by atoms with Gasteiger partial charge in [0.15, 0.2) is 0 Å². The van der Waals surface area contributed by atoms with Crippen LogP contribution in [0.4, 0.5) is 4.39 Å². The number of ether oxygens (including phenoxy) is 1. The van der Waals surface area contributed by atoms with E-state index >= 15 is 0 Å². The molecule has 0 saturated carbocycles. The summed E-state index contributed by atoms with van der Waals surface area (Å²) in [7, 11) is 0. The van der Waals surface area contributed by atoms with Crippen LogP contribution in [0, 0.1) is 18.2 Å². The number of pyridine rings is 1. The van der Waals surface area contributed by atoms with E-state index in [0.717, 1.165) is 17.8 Å². The lowest BCUT2D eigenvalue weighted by atomic mass is 9.93. The first-order chi connectivity index (χ1) is 15.1. The van der Waals surface area contributed by atoms with Crippen LogP contribution in [0.3, 0.4) is 0 Å². The lowest BCUT2D eigenvalue weighted by molar-refractivity contribution is -0.140. The average molecular weight is 444 g/mol. The molecule has 0 aliphatic carbocycles. The minimum absolute atomic E-state index is 0.0460. The normalized spacial score (nSPS) is 14.3. The summed E-state index contributed by atoms with van der Waals surface area (Å²) in [6.07, 6.45) is 2.31. The Labute approximate surface area is 190 Å². The zero-order valence-electron chi connectivity index (χ0n) is 19.9.